The van der Waals surface area contributed by atoms with Gasteiger partial charge in [0.15, 0.2) is 0 Å². The van der Waals surface area contributed by atoms with Gasteiger partial charge >= 0.3 is 0 Å². The monoisotopic (exact) mass is 429 g/mol. The highest BCUT2D eigenvalue weighted by Crippen LogP contribution is 2.24. The summed E-state index contributed by atoms with van der Waals surface area (Å²) in [6.45, 7) is 4.13. The molecular weight excluding hydrogens is 402 g/mol. The molecule has 0 saturated carbocycles. The molecule has 2 saturated heterocycles. The minimum absolute atomic E-state index is 0.0818. The van der Waals surface area contributed by atoms with Crippen molar-refractivity contribution in [2.24, 2.45) is 0 Å². The molecule has 2 aliphatic heterocycles. The Labute approximate surface area is 177 Å². The molecule has 0 aliphatic carbocycles. The van der Waals surface area contributed by atoms with Gasteiger partial charge in [0.05, 0.1) is 24.2 Å². The van der Waals surface area contributed by atoms with Crippen LogP contribution in [0.25, 0.3) is 0 Å². The van der Waals surface area contributed by atoms with Crippen LogP contribution in [0.4, 0.5) is 5.69 Å². The third kappa shape index (κ3) is 4.89. The zero-order chi connectivity index (χ0) is 21.0. The summed E-state index contributed by atoms with van der Waals surface area (Å²) in [5, 5.41) is 0. The molecule has 8 heteroatoms. The number of sulfonamides is 1. The predicted octanol–water partition coefficient (Wildman–Crippen LogP) is 2.17. The Morgan fingerprint density at radius 1 is 0.967 bits per heavy atom. The lowest BCUT2D eigenvalue weighted by atomic mass is 10.1. The van der Waals surface area contributed by atoms with Gasteiger partial charge in [-0.1, -0.05) is 30.3 Å². The van der Waals surface area contributed by atoms with Crippen molar-refractivity contribution >= 4 is 21.6 Å². The molecule has 7 nitrogen and oxygen atoms in total. The highest BCUT2D eigenvalue weighted by atomic mass is 32.2. The van der Waals surface area contributed by atoms with Crippen LogP contribution < -0.4 is 9.62 Å². The Hall–Kier alpha value is -2.26. The van der Waals surface area contributed by atoms with Gasteiger partial charge in [0.2, 0.25) is 15.9 Å². The molecule has 160 valence electrons. The van der Waals surface area contributed by atoms with Crippen molar-refractivity contribution in [1.82, 2.24) is 9.62 Å². The van der Waals surface area contributed by atoms with E-state index in [2.05, 4.69) is 9.62 Å². The van der Waals surface area contributed by atoms with E-state index >= 15 is 0 Å². The molecule has 0 radical (unpaired) electrons. The Bertz CT molecular complexity index is 958. The van der Waals surface area contributed by atoms with Gasteiger partial charge in [0, 0.05) is 38.3 Å². The molecule has 2 fully saturated rings. The van der Waals surface area contributed by atoms with Crippen LogP contribution in [0, 0.1) is 0 Å². The van der Waals surface area contributed by atoms with Gasteiger partial charge in [-0.15, -0.1) is 0 Å². The molecule has 0 bridgehead atoms. The quantitative estimate of drug-likeness (QED) is 0.730. The van der Waals surface area contributed by atoms with Crippen molar-refractivity contribution in [2.45, 2.75) is 23.8 Å². The van der Waals surface area contributed by atoms with Gasteiger partial charge in [0.1, 0.15) is 0 Å². The lowest BCUT2D eigenvalue weighted by Gasteiger charge is -2.31. The van der Waals surface area contributed by atoms with Gasteiger partial charge in [-0.25, -0.2) is 13.1 Å². The molecule has 0 aromatic heterocycles. The van der Waals surface area contributed by atoms with E-state index in [0.717, 1.165) is 30.8 Å². The number of carbonyl (C=O) groups is 1. The fourth-order valence-corrected chi connectivity index (χ4v) is 5.14. The summed E-state index contributed by atoms with van der Waals surface area (Å²) in [4.78, 5) is 16.0. The van der Waals surface area contributed by atoms with Crippen LogP contribution >= 0.6 is 0 Å². The molecule has 4 rings (SSSR count). The van der Waals surface area contributed by atoms with Crippen LogP contribution in [0.3, 0.4) is 0 Å². The smallest absolute Gasteiger partial charge is 0.241 e. The lowest BCUT2D eigenvalue weighted by molar-refractivity contribution is -0.117. The number of benzene rings is 2. The molecule has 0 spiro atoms. The van der Waals surface area contributed by atoms with Crippen molar-refractivity contribution in [1.29, 1.82) is 0 Å². The number of rotatable bonds is 7. The minimum atomic E-state index is -3.72. The van der Waals surface area contributed by atoms with E-state index in [9.17, 15) is 13.2 Å². The second kappa shape index (κ2) is 9.26. The molecule has 1 atom stereocenters. The second-order valence-electron chi connectivity index (χ2n) is 7.64. The van der Waals surface area contributed by atoms with Crippen LogP contribution in [0.5, 0.6) is 0 Å². The number of nitrogens with zero attached hydrogens (tertiary/aromatic N) is 2. The normalized spacial score (nSPS) is 19.2. The van der Waals surface area contributed by atoms with Crippen LogP contribution in [0.15, 0.2) is 59.5 Å². The first kappa shape index (κ1) is 21.0. The molecular formula is C22H27N3O4S. The van der Waals surface area contributed by atoms with Gasteiger partial charge in [-0.05, 0) is 36.2 Å². The van der Waals surface area contributed by atoms with Crippen molar-refractivity contribution in [3.8, 4) is 0 Å². The fraction of sp³-hybridized carbons (Fsp3) is 0.409. The van der Waals surface area contributed by atoms with Crippen molar-refractivity contribution in [3.05, 3.63) is 60.2 Å². The van der Waals surface area contributed by atoms with E-state index < -0.39 is 10.0 Å². The van der Waals surface area contributed by atoms with Crippen molar-refractivity contribution in [3.63, 3.8) is 0 Å². The third-order valence-corrected chi connectivity index (χ3v) is 7.06. The molecule has 1 amide bonds. The van der Waals surface area contributed by atoms with E-state index in [1.165, 1.54) is 0 Å². The number of nitrogens with one attached hydrogen (secondary N) is 1. The maximum atomic E-state index is 13.1. The lowest BCUT2D eigenvalue weighted by Crippen LogP contribution is -2.43. The van der Waals surface area contributed by atoms with Gasteiger partial charge in [-0.2, -0.15) is 0 Å². The van der Waals surface area contributed by atoms with Gasteiger partial charge in [0.25, 0.3) is 0 Å². The molecule has 2 heterocycles. The number of morpholine rings is 1. The zero-order valence-corrected chi connectivity index (χ0v) is 17.7. The average Bonchev–Trinajstić information content (AvgIpc) is 3.20. The minimum Gasteiger partial charge on any atom is -0.379 e. The number of hydrogen-bond acceptors (Lipinski definition) is 5. The molecule has 1 N–H and O–H groups in total. The Balaban J connectivity index is 1.52. The average molecular weight is 430 g/mol. The van der Waals surface area contributed by atoms with Gasteiger partial charge in [-0.3, -0.25) is 9.69 Å². The summed E-state index contributed by atoms with van der Waals surface area (Å²) in [6.07, 6.45) is 1.38. The van der Waals surface area contributed by atoms with Gasteiger partial charge < -0.3 is 9.64 Å². The summed E-state index contributed by atoms with van der Waals surface area (Å²) in [6, 6.07) is 15.8. The molecule has 2 aromatic rings. The summed E-state index contributed by atoms with van der Waals surface area (Å²) in [7, 11) is -3.72. The van der Waals surface area contributed by atoms with Crippen molar-refractivity contribution in [2.75, 3.05) is 44.3 Å². The standard InChI is InChI=1S/C22H27N3O4S/c26-22-7-4-12-25(22)19-8-10-20(11-9-19)30(27,28)23-21(18-5-2-1-3-6-18)17-24-13-15-29-16-14-24/h1-3,5-6,8-11,21,23H,4,7,12-17H2/t21-/m1/s1. The highest BCUT2D eigenvalue weighted by Gasteiger charge is 2.26. The first-order valence-electron chi connectivity index (χ1n) is 10.3. The van der Waals surface area contributed by atoms with E-state index in [1.54, 1.807) is 29.2 Å². The first-order chi connectivity index (χ1) is 14.5. The SMILES string of the molecule is O=C1CCCN1c1ccc(S(=O)(=O)N[C@H](CN2CCOCC2)c2ccccc2)cc1. The second-order valence-corrected chi connectivity index (χ2v) is 9.35. The largest absolute Gasteiger partial charge is 0.379 e. The van der Waals surface area contributed by atoms with E-state index in [-0.39, 0.29) is 16.8 Å². The predicted molar refractivity (Wildman–Crippen MR) is 115 cm³/mol. The first-order valence-corrected chi connectivity index (χ1v) is 11.8. The summed E-state index contributed by atoms with van der Waals surface area (Å²) in [5.41, 5.74) is 1.66. The summed E-state index contributed by atoms with van der Waals surface area (Å²) < 4.78 is 34.5. The summed E-state index contributed by atoms with van der Waals surface area (Å²) in [5.74, 6) is 0.0818. The number of ether oxygens (including phenoxy) is 1. The van der Waals surface area contributed by atoms with Crippen molar-refractivity contribution < 1.29 is 17.9 Å². The highest BCUT2D eigenvalue weighted by molar-refractivity contribution is 7.89. The van der Waals surface area contributed by atoms with Crippen LogP contribution in [0.2, 0.25) is 0 Å². The number of amides is 1. The maximum absolute atomic E-state index is 13.1. The third-order valence-electron chi connectivity index (χ3n) is 5.58. The Kier molecular flexibility index (Phi) is 6.48. The zero-order valence-electron chi connectivity index (χ0n) is 16.9. The number of carbonyl (C=O) groups excluding carboxylic acids is 1. The molecule has 2 aliphatic rings. The van der Waals surface area contributed by atoms with Crippen LogP contribution in [-0.4, -0.2) is 58.6 Å². The summed E-state index contributed by atoms with van der Waals surface area (Å²) >= 11 is 0. The van der Waals surface area contributed by atoms with E-state index in [1.807, 2.05) is 30.3 Å². The number of anilines is 1. The molecule has 30 heavy (non-hydrogen) atoms. The maximum Gasteiger partial charge on any atom is 0.241 e. The van der Waals surface area contributed by atoms with Crippen LogP contribution in [-0.2, 0) is 19.6 Å². The Morgan fingerprint density at radius 2 is 1.67 bits per heavy atom. The number of hydrogen-bond donors (Lipinski definition) is 1. The molecule has 2 aromatic carbocycles. The van der Waals surface area contributed by atoms with E-state index in [0.29, 0.717) is 32.7 Å². The molecule has 0 unspecified atom stereocenters. The van der Waals surface area contributed by atoms with E-state index in [4.69, 9.17) is 4.74 Å². The Morgan fingerprint density at radius 3 is 2.30 bits per heavy atom. The fourth-order valence-electron chi connectivity index (χ4n) is 3.92. The van der Waals surface area contributed by atoms with Crippen LogP contribution in [0.1, 0.15) is 24.4 Å². The topological polar surface area (TPSA) is 79.0 Å².